The molecule has 0 saturated heterocycles. The lowest BCUT2D eigenvalue weighted by Gasteiger charge is -2.08. The van der Waals surface area contributed by atoms with Gasteiger partial charge in [-0.15, -0.1) is 0 Å². The maximum atomic E-state index is 12.1. The van der Waals surface area contributed by atoms with Crippen LogP contribution in [0.15, 0.2) is 36.4 Å². The minimum Gasteiger partial charge on any atom is -0.399 e. The van der Waals surface area contributed by atoms with Gasteiger partial charge in [0.1, 0.15) is 6.07 Å². The first-order valence-corrected chi connectivity index (χ1v) is 6.26. The molecule has 2 aromatic rings. The van der Waals surface area contributed by atoms with Gasteiger partial charge in [0.05, 0.1) is 10.6 Å². The lowest BCUT2D eigenvalue weighted by atomic mass is 10.1. The average molecular weight is 286 g/mol. The minimum atomic E-state index is -0.265. The predicted molar refractivity (Wildman–Crippen MR) is 79.7 cm³/mol. The molecule has 0 aliphatic carbocycles. The van der Waals surface area contributed by atoms with Crippen LogP contribution in [0.1, 0.15) is 21.5 Å². The molecule has 0 bridgehead atoms. The van der Waals surface area contributed by atoms with E-state index in [0.717, 1.165) is 5.56 Å². The summed E-state index contributed by atoms with van der Waals surface area (Å²) in [6.07, 6.45) is 0. The average Bonchev–Trinajstić information content (AvgIpc) is 2.43. The van der Waals surface area contributed by atoms with E-state index < -0.39 is 0 Å². The molecule has 0 radical (unpaired) electrons. The zero-order valence-electron chi connectivity index (χ0n) is 10.8. The molecule has 20 heavy (non-hydrogen) atoms. The van der Waals surface area contributed by atoms with Crippen LogP contribution in [0.5, 0.6) is 0 Å². The van der Waals surface area contributed by atoms with Gasteiger partial charge in [-0.3, -0.25) is 4.79 Å². The Hall–Kier alpha value is -2.51. The number of hydrogen-bond donors (Lipinski definition) is 2. The summed E-state index contributed by atoms with van der Waals surface area (Å²) in [5.41, 5.74) is 8.53. The summed E-state index contributed by atoms with van der Waals surface area (Å²) < 4.78 is 0. The Balaban J connectivity index is 2.23. The van der Waals surface area contributed by atoms with E-state index in [1.165, 1.54) is 6.07 Å². The van der Waals surface area contributed by atoms with Crippen molar-refractivity contribution in [3.05, 3.63) is 58.1 Å². The van der Waals surface area contributed by atoms with Crippen LogP contribution >= 0.6 is 11.6 Å². The standard InChI is InChI=1S/C15H12ClN3O/c1-9-6-10(2-5-14(9)18)15(20)19-12-3-4-13(16)11(7-12)8-17/h2-7H,18H2,1H3,(H,19,20). The highest BCUT2D eigenvalue weighted by Crippen LogP contribution is 2.20. The number of benzene rings is 2. The number of amides is 1. The van der Waals surface area contributed by atoms with Crippen molar-refractivity contribution >= 4 is 28.9 Å². The fraction of sp³-hybridized carbons (Fsp3) is 0.0667. The zero-order valence-corrected chi connectivity index (χ0v) is 11.5. The Kier molecular flexibility index (Phi) is 3.92. The molecule has 0 aliphatic rings. The van der Waals surface area contributed by atoms with E-state index in [1.54, 1.807) is 30.3 Å². The normalized spacial score (nSPS) is 9.85. The van der Waals surface area contributed by atoms with E-state index in [1.807, 2.05) is 13.0 Å². The van der Waals surface area contributed by atoms with Gasteiger partial charge in [0, 0.05) is 16.9 Å². The van der Waals surface area contributed by atoms with Crippen LogP contribution in [0.2, 0.25) is 5.02 Å². The molecule has 0 unspecified atom stereocenters. The highest BCUT2D eigenvalue weighted by molar-refractivity contribution is 6.31. The third kappa shape index (κ3) is 2.90. The Labute approximate surface area is 121 Å². The van der Waals surface area contributed by atoms with Gasteiger partial charge >= 0.3 is 0 Å². The van der Waals surface area contributed by atoms with Crippen LogP contribution in [-0.2, 0) is 0 Å². The molecule has 1 amide bonds. The fourth-order valence-electron chi connectivity index (χ4n) is 1.71. The first kappa shape index (κ1) is 13.9. The SMILES string of the molecule is Cc1cc(C(=O)Nc2ccc(Cl)c(C#N)c2)ccc1N. The molecule has 0 fully saturated rings. The molecule has 4 nitrogen and oxygen atoms in total. The number of anilines is 2. The molecule has 0 aromatic heterocycles. The third-order valence-electron chi connectivity index (χ3n) is 2.88. The molecule has 100 valence electrons. The van der Waals surface area contributed by atoms with Crippen molar-refractivity contribution in [2.24, 2.45) is 0 Å². The molecule has 0 spiro atoms. The Bertz CT molecular complexity index is 720. The molecule has 5 heteroatoms. The van der Waals surface area contributed by atoms with Crippen molar-refractivity contribution in [1.29, 1.82) is 5.26 Å². The molecule has 0 atom stereocenters. The van der Waals surface area contributed by atoms with Crippen LogP contribution in [0.25, 0.3) is 0 Å². The van der Waals surface area contributed by atoms with Gasteiger partial charge in [-0.2, -0.15) is 5.26 Å². The number of aryl methyl sites for hydroxylation is 1. The van der Waals surface area contributed by atoms with Gasteiger partial charge in [-0.05, 0) is 48.9 Å². The van der Waals surface area contributed by atoms with E-state index >= 15 is 0 Å². The van der Waals surface area contributed by atoms with Gasteiger partial charge < -0.3 is 11.1 Å². The topological polar surface area (TPSA) is 78.9 Å². The zero-order chi connectivity index (χ0) is 14.7. The molecule has 2 aromatic carbocycles. The van der Waals surface area contributed by atoms with Gasteiger partial charge in [0.2, 0.25) is 0 Å². The molecule has 3 N–H and O–H groups in total. The van der Waals surface area contributed by atoms with Gasteiger partial charge in [-0.25, -0.2) is 0 Å². The molecule has 0 aliphatic heterocycles. The summed E-state index contributed by atoms with van der Waals surface area (Å²) in [5.74, 6) is -0.265. The number of carbonyl (C=O) groups is 1. The first-order valence-electron chi connectivity index (χ1n) is 5.88. The van der Waals surface area contributed by atoms with Crippen molar-refractivity contribution in [1.82, 2.24) is 0 Å². The van der Waals surface area contributed by atoms with E-state index in [4.69, 9.17) is 22.6 Å². The monoisotopic (exact) mass is 285 g/mol. The number of nitrogens with one attached hydrogen (secondary N) is 1. The summed E-state index contributed by atoms with van der Waals surface area (Å²) in [6, 6.07) is 11.8. The molecule has 0 saturated carbocycles. The number of carbonyl (C=O) groups excluding carboxylic acids is 1. The largest absolute Gasteiger partial charge is 0.399 e. The number of nitrogen functional groups attached to an aromatic ring is 1. The predicted octanol–water partition coefficient (Wildman–Crippen LogP) is 3.35. The number of nitriles is 1. The van der Waals surface area contributed by atoms with E-state index in [9.17, 15) is 4.79 Å². The van der Waals surface area contributed by atoms with Crippen LogP contribution in [-0.4, -0.2) is 5.91 Å². The van der Waals surface area contributed by atoms with Crippen LogP contribution < -0.4 is 11.1 Å². The number of rotatable bonds is 2. The summed E-state index contributed by atoms with van der Waals surface area (Å²) in [6.45, 7) is 1.84. The van der Waals surface area contributed by atoms with Gasteiger partial charge in [0.15, 0.2) is 0 Å². The van der Waals surface area contributed by atoms with Crippen molar-refractivity contribution in [3.8, 4) is 6.07 Å². The molecular weight excluding hydrogens is 274 g/mol. The van der Waals surface area contributed by atoms with Crippen molar-refractivity contribution in [2.75, 3.05) is 11.1 Å². The second-order valence-electron chi connectivity index (χ2n) is 4.33. The summed E-state index contributed by atoms with van der Waals surface area (Å²) in [7, 11) is 0. The maximum Gasteiger partial charge on any atom is 0.255 e. The van der Waals surface area contributed by atoms with Crippen LogP contribution in [0.3, 0.4) is 0 Å². The Morgan fingerprint density at radius 3 is 2.70 bits per heavy atom. The summed E-state index contributed by atoms with van der Waals surface area (Å²) in [4.78, 5) is 12.1. The number of hydrogen-bond acceptors (Lipinski definition) is 3. The fourth-order valence-corrected chi connectivity index (χ4v) is 1.87. The molecule has 2 rings (SSSR count). The number of nitrogens with zero attached hydrogens (tertiary/aromatic N) is 1. The summed E-state index contributed by atoms with van der Waals surface area (Å²) in [5, 5.41) is 12.0. The van der Waals surface area contributed by atoms with Crippen LogP contribution in [0, 0.1) is 18.3 Å². The smallest absolute Gasteiger partial charge is 0.255 e. The van der Waals surface area contributed by atoms with Gasteiger partial charge in [0.25, 0.3) is 5.91 Å². The van der Waals surface area contributed by atoms with Crippen molar-refractivity contribution in [2.45, 2.75) is 6.92 Å². The van der Waals surface area contributed by atoms with Crippen LogP contribution in [0.4, 0.5) is 11.4 Å². The van der Waals surface area contributed by atoms with E-state index in [-0.39, 0.29) is 5.91 Å². The van der Waals surface area contributed by atoms with E-state index in [2.05, 4.69) is 5.32 Å². The second kappa shape index (κ2) is 5.64. The summed E-state index contributed by atoms with van der Waals surface area (Å²) >= 11 is 5.84. The van der Waals surface area contributed by atoms with Crippen molar-refractivity contribution < 1.29 is 4.79 Å². The molecular formula is C15H12ClN3O. The van der Waals surface area contributed by atoms with Crippen molar-refractivity contribution in [3.63, 3.8) is 0 Å². The maximum absolute atomic E-state index is 12.1. The number of halogens is 1. The third-order valence-corrected chi connectivity index (χ3v) is 3.21. The van der Waals surface area contributed by atoms with Gasteiger partial charge in [-0.1, -0.05) is 11.6 Å². The molecule has 0 heterocycles. The highest BCUT2D eigenvalue weighted by Gasteiger charge is 2.08. The lowest BCUT2D eigenvalue weighted by molar-refractivity contribution is 0.102. The first-order chi connectivity index (χ1) is 9.51. The Morgan fingerprint density at radius 2 is 2.05 bits per heavy atom. The lowest BCUT2D eigenvalue weighted by Crippen LogP contribution is -2.12. The number of nitrogens with two attached hydrogens (primary N) is 1. The second-order valence-corrected chi connectivity index (χ2v) is 4.74. The van der Waals surface area contributed by atoms with E-state index in [0.29, 0.717) is 27.5 Å². The highest BCUT2D eigenvalue weighted by atomic mass is 35.5. The Morgan fingerprint density at radius 1 is 1.30 bits per heavy atom. The quantitative estimate of drug-likeness (QED) is 0.831. The minimum absolute atomic E-state index is 0.265.